The topological polar surface area (TPSA) is 29.1 Å². The lowest BCUT2D eigenvalue weighted by Crippen LogP contribution is -2.21. The summed E-state index contributed by atoms with van der Waals surface area (Å²) in [4.78, 5) is 12.3. The van der Waals surface area contributed by atoms with Crippen molar-refractivity contribution in [1.82, 2.24) is 5.32 Å². The second-order valence-corrected chi connectivity index (χ2v) is 10.1. The van der Waals surface area contributed by atoms with E-state index < -0.39 is 0 Å². The lowest BCUT2D eigenvalue weighted by Gasteiger charge is -2.18. The summed E-state index contributed by atoms with van der Waals surface area (Å²) in [5, 5.41) is 2.76. The highest BCUT2D eigenvalue weighted by molar-refractivity contribution is 5.96. The Balaban J connectivity index is 1.36. The van der Waals surface area contributed by atoms with Crippen LogP contribution in [0, 0.1) is 13.8 Å². The van der Waals surface area contributed by atoms with Gasteiger partial charge in [0.25, 0.3) is 5.91 Å². The molecule has 1 amide bonds. The maximum atomic E-state index is 12.3. The molecule has 1 fully saturated rings. The molecule has 0 saturated heterocycles. The van der Waals surface area contributed by atoms with E-state index in [0.29, 0.717) is 5.92 Å². The zero-order valence-corrected chi connectivity index (χ0v) is 21.8. The minimum Gasteiger partial charge on any atom is -0.355 e. The molecule has 0 spiro atoms. The van der Waals surface area contributed by atoms with Crippen LogP contribution in [-0.2, 0) is 5.41 Å². The molecule has 184 valence electrons. The van der Waals surface area contributed by atoms with Crippen LogP contribution in [0.1, 0.15) is 82.6 Å². The van der Waals surface area contributed by atoms with E-state index in [1.165, 1.54) is 22.3 Å². The molecule has 1 aliphatic carbocycles. The smallest absolute Gasteiger partial charge is 0.251 e. The van der Waals surface area contributed by atoms with Crippen molar-refractivity contribution in [2.24, 2.45) is 0 Å². The summed E-state index contributed by atoms with van der Waals surface area (Å²) in [6.45, 7) is 4.29. The fraction of sp³-hybridized carbons (Fsp3) is 0.324. The zero-order chi connectivity index (χ0) is 25.4. The van der Waals surface area contributed by atoms with Crippen LogP contribution in [0.3, 0.4) is 0 Å². The van der Waals surface area contributed by atoms with Gasteiger partial charge in [-0.1, -0.05) is 95.7 Å². The Kier molecular flexibility index (Phi) is 8.44. The number of nitrogens with one attached hydrogen (secondary N) is 1. The number of allylic oxidation sites excluding steroid dienone is 2. The van der Waals surface area contributed by atoms with E-state index in [9.17, 15) is 4.79 Å². The van der Waals surface area contributed by atoms with Crippen LogP contribution in [-0.4, -0.2) is 13.0 Å². The molecule has 0 heterocycles. The maximum absolute atomic E-state index is 12.3. The number of benzene rings is 3. The minimum absolute atomic E-state index is 0.0284. The Hall–Kier alpha value is -3.57. The van der Waals surface area contributed by atoms with Gasteiger partial charge in [0, 0.05) is 23.9 Å². The maximum Gasteiger partial charge on any atom is 0.251 e. The fourth-order valence-corrected chi connectivity index (χ4v) is 4.91. The number of rotatable bonds is 10. The Morgan fingerprint density at radius 1 is 0.889 bits per heavy atom. The van der Waals surface area contributed by atoms with Gasteiger partial charge in [-0.3, -0.25) is 4.79 Å². The number of unbranched alkanes of at least 4 members (excludes halogenated alkanes) is 2. The van der Waals surface area contributed by atoms with Crippen molar-refractivity contribution in [2.45, 2.75) is 63.7 Å². The van der Waals surface area contributed by atoms with E-state index in [4.69, 9.17) is 0 Å². The van der Waals surface area contributed by atoms with Crippen molar-refractivity contribution in [3.63, 3.8) is 0 Å². The second-order valence-electron chi connectivity index (χ2n) is 10.1. The first-order valence-corrected chi connectivity index (χ1v) is 13.1. The average molecular weight is 476 g/mol. The van der Waals surface area contributed by atoms with E-state index in [1.54, 1.807) is 7.05 Å². The molecule has 36 heavy (non-hydrogen) atoms. The lowest BCUT2D eigenvalue weighted by atomic mass is 9.86. The number of amides is 1. The van der Waals surface area contributed by atoms with Gasteiger partial charge in [0.2, 0.25) is 0 Å². The molecule has 2 nitrogen and oxygen atoms in total. The van der Waals surface area contributed by atoms with Crippen molar-refractivity contribution in [2.75, 3.05) is 7.05 Å². The lowest BCUT2D eigenvalue weighted by molar-refractivity contribution is 0.0961. The summed E-state index contributed by atoms with van der Waals surface area (Å²) in [5.74, 6) is 0.403. The van der Waals surface area contributed by atoms with Gasteiger partial charge in [-0.05, 0) is 80.9 Å². The largest absolute Gasteiger partial charge is 0.355 e. The molecule has 0 aromatic heterocycles. The molecule has 1 saturated carbocycles. The Morgan fingerprint density at radius 3 is 2.08 bits per heavy atom. The summed E-state index contributed by atoms with van der Waals surface area (Å²) in [6, 6.07) is 25.9. The van der Waals surface area contributed by atoms with Crippen molar-refractivity contribution in [3.8, 4) is 0 Å². The van der Waals surface area contributed by atoms with Crippen LogP contribution < -0.4 is 5.32 Å². The minimum atomic E-state index is -0.0702. The first-order chi connectivity index (χ1) is 17.5. The van der Waals surface area contributed by atoms with Crippen molar-refractivity contribution >= 4 is 5.91 Å². The monoisotopic (exact) mass is 475 g/mol. The highest BCUT2D eigenvalue weighted by atomic mass is 16.1. The fourth-order valence-electron chi connectivity index (χ4n) is 4.91. The van der Waals surface area contributed by atoms with Crippen LogP contribution in [0.2, 0.25) is 0 Å². The molecule has 4 rings (SSSR count). The standard InChI is InChI=1S/C34H37NO/c1-26-15-19-28(20-16-26)30(29-21-17-27(2)18-22-29)12-8-6-4-5-7-11-23-34(24-25-34)32-14-10-9-13-31(32)33(36)35-3/h5,9-10,13-23,30H,4,6,8,12,24-25H2,1-3H3,(H,35,36). The molecule has 0 aliphatic heterocycles. The third-order valence-corrected chi connectivity index (χ3v) is 7.31. The Bertz CT molecular complexity index is 1220. The molecular formula is C34H37NO. The van der Waals surface area contributed by atoms with Crippen LogP contribution in [0.4, 0.5) is 0 Å². The predicted molar refractivity (Wildman–Crippen MR) is 150 cm³/mol. The highest BCUT2D eigenvalue weighted by Gasteiger charge is 2.44. The zero-order valence-electron chi connectivity index (χ0n) is 21.8. The predicted octanol–water partition coefficient (Wildman–Crippen LogP) is 7.95. The van der Waals surface area contributed by atoms with E-state index >= 15 is 0 Å². The van der Waals surface area contributed by atoms with E-state index in [0.717, 1.165) is 49.7 Å². The van der Waals surface area contributed by atoms with Gasteiger partial charge < -0.3 is 5.32 Å². The molecule has 0 radical (unpaired) electrons. The molecular weight excluding hydrogens is 438 g/mol. The summed E-state index contributed by atoms with van der Waals surface area (Å²) in [6.07, 6.45) is 10.7. The molecule has 0 bridgehead atoms. The SMILES string of the molecule is CNC(=O)c1ccccc1C1(C=C=C=CCCCCC(c2ccc(C)cc2)c2ccc(C)cc2)CC1. The number of hydrogen-bond donors (Lipinski definition) is 1. The molecule has 2 heteroatoms. The average Bonchev–Trinajstić information content (AvgIpc) is 3.70. The van der Waals surface area contributed by atoms with Gasteiger partial charge in [-0.15, -0.1) is 0 Å². The van der Waals surface area contributed by atoms with Gasteiger partial charge >= 0.3 is 0 Å². The van der Waals surface area contributed by atoms with Crippen LogP contribution >= 0.6 is 0 Å². The number of carbonyl (C=O) groups is 1. The normalized spacial score (nSPS) is 13.4. The molecule has 3 aromatic rings. The third kappa shape index (κ3) is 6.35. The van der Waals surface area contributed by atoms with E-state index in [1.807, 2.05) is 18.2 Å². The van der Waals surface area contributed by atoms with Crippen molar-refractivity contribution < 1.29 is 4.79 Å². The van der Waals surface area contributed by atoms with Gasteiger partial charge in [-0.25, -0.2) is 0 Å². The summed E-state index contributed by atoms with van der Waals surface area (Å²) in [7, 11) is 1.68. The quantitative estimate of drug-likeness (QED) is 0.234. The first-order valence-electron chi connectivity index (χ1n) is 13.1. The summed E-state index contributed by atoms with van der Waals surface area (Å²) >= 11 is 0. The van der Waals surface area contributed by atoms with Gasteiger partial charge in [-0.2, -0.15) is 0 Å². The molecule has 0 unspecified atom stereocenters. The van der Waals surface area contributed by atoms with Crippen molar-refractivity contribution in [3.05, 3.63) is 130 Å². The molecule has 1 N–H and O–H groups in total. The number of carbonyl (C=O) groups excluding carboxylic acids is 1. The summed E-state index contributed by atoms with van der Waals surface area (Å²) in [5.41, 5.74) is 13.7. The first kappa shape index (κ1) is 25.5. The van der Waals surface area contributed by atoms with Crippen molar-refractivity contribution in [1.29, 1.82) is 0 Å². The summed E-state index contributed by atoms with van der Waals surface area (Å²) < 4.78 is 0. The Labute approximate surface area is 216 Å². The van der Waals surface area contributed by atoms with Gasteiger partial charge in [0.05, 0.1) is 0 Å². The van der Waals surface area contributed by atoms with Gasteiger partial charge in [0.1, 0.15) is 0 Å². The van der Waals surface area contributed by atoms with Crippen LogP contribution in [0.25, 0.3) is 0 Å². The van der Waals surface area contributed by atoms with Gasteiger partial charge in [0.15, 0.2) is 0 Å². The second kappa shape index (κ2) is 11.9. The molecule has 1 aliphatic rings. The molecule has 0 atom stereocenters. The number of hydrogen-bond acceptors (Lipinski definition) is 1. The highest BCUT2D eigenvalue weighted by Crippen LogP contribution is 2.50. The number of aryl methyl sites for hydroxylation is 2. The van der Waals surface area contributed by atoms with E-state index in [2.05, 4.69) is 97.4 Å². The van der Waals surface area contributed by atoms with E-state index in [-0.39, 0.29) is 11.3 Å². The third-order valence-electron chi connectivity index (χ3n) is 7.31. The van der Waals surface area contributed by atoms with Crippen LogP contribution in [0.15, 0.2) is 96.4 Å². The Morgan fingerprint density at radius 2 is 1.50 bits per heavy atom. The molecule has 3 aromatic carbocycles. The van der Waals surface area contributed by atoms with Crippen LogP contribution in [0.5, 0.6) is 0 Å².